The van der Waals surface area contributed by atoms with E-state index in [1.165, 1.54) is 18.2 Å². The zero-order valence-electron chi connectivity index (χ0n) is 12.3. The zero-order chi connectivity index (χ0) is 17.0. The molecule has 0 spiro atoms. The van der Waals surface area contributed by atoms with Gasteiger partial charge in [-0.3, -0.25) is 0 Å². The van der Waals surface area contributed by atoms with Gasteiger partial charge in [0, 0.05) is 16.7 Å². The second kappa shape index (κ2) is 7.02. The summed E-state index contributed by atoms with van der Waals surface area (Å²) in [6.45, 7) is 0. The fourth-order valence-corrected chi connectivity index (χ4v) is 3.80. The van der Waals surface area contributed by atoms with E-state index in [0.29, 0.717) is 16.1 Å². The Labute approximate surface area is 148 Å². The molecule has 1 aromatic heterocycles. The number of ether oxygens (including phenoxy) is 1. The summed E-state index contributed by atoms with van der Waals surface area (Å²) in [7, 11) is -3.92. The van der Waals surface area contributed by atoms with Crippen LogP contribution >= 0.6 is 15.9 Å². The van der Waals surface area contributed by atoms with Crippen LogP contribution in [-0.4, -0.2) is 13.4 Å². The molecule has 0 radical (unpaired) electrons. The molecule has 0 saturated heterocycles. The highest BCUT2D eigenvalue weighted by Gasteiger charge is 2.19. The van der Waals surface area contributed by atoms with Crippen LogP contribution in [0.1, 0.15) is 0 Å². The van der Waals surface area contributed by atoms with E-state index in [1.807, 2.05) is 6.07 Å². The predicted molar refractivity (Wildman–Crippen MR) is 92.7 cm³/mol. The lowest BCUT2D eigenvalue weighted by Gasteiger charge is -2.09. The van der Waals surface area contributed by atoms with Crippen LogP contribution < -0.4 is 8.92 Å². The van der Waals surface area contributed by atoms with Gasteiger partial charge in [0.1, 0.15) is 16.4 Å². The number of aromatic nitrogens is 1. The molecule has 5 nitrogen and oxygen atoms in total. The highest BCUT2D eigenvalue weighted by atomic mass is 79.9. The molecular weight excluding hydrogens is 394 g/mol. The summed E-state index contributed by atoms with van der Waals surface area (Å²) in [6, 6.07) is 18.1. The maximum Gasteiger partial charge on any atom is 0.340 e. The largest absolute Gasteiger partial charge is 0.439 e. The molecule has 0 fully saturated rings. The Morgan fingerprint density at radius 1 is 0.833 bits per heavy atom. The van der Waals surface area contributed by atoms with E-state index in [1.54, 1.807) is 48.7 Å². The maximum absolute atomic E-state index is 12.3. The Morgan fingerprint density at radius 3 is 2.17 bits per heavy atom. The second-order valence-electron chi connectivity index (χ2n) is 4.71. The van der Waals surface area contributed by atoms with E-state index in [-0.39, 0.29) is 10.6 Å². The highest BCUT2D eigenvalue weighted by molar-refractivity contribution is 9.10. The summed E-state index contributed by atoms with van der Waals surface area (Å²) in [5, 5.41) is 0. The van der Waals surface area contributed by atoms with Crippen molar-refractivity contribution >= 4 is 26.0 Å². The fraction of sp³-hybridized carbons (Fsp3) is 0. The van der Waals surface area contributed by atoms with Crippen LogP contribution in [0.2, 0.25) is 0 Å². The third-order valence-electron chi connectivity index (χ3n) is 3.00. The number of benzene rings is 2. The molecule has 0 bridgehead atoms. The molecule has 2 aromatic carbocycles. The summed E-state index contributed by atoms with van der Waals surface area (Å²) in [5.74, 6) is 1.17. The molecule has 0 aliphatic carbocycles. The van der Waals surface area contributed by atoms with Gasteiger partial charge in [0.2, 0.25) is 5.88 Å². The first kappa shape index (κ1) is 16.5. The average Bonchev–Trinajstić information content (AvgIpc) is 2.58. The maximum atomic E-state index is 12.3. The Hall–Kier alpha value is -2.38. The van der Waals surface area contributed by atoms with Crippen molar-refractivity contribution in [3.8, 4) is 17.4 Å². The molecule has 0 unspecified atom stereocenters. The summed E-state index contributed by atoms with van der Waals surface area (Å²) in [4.78, 5) is 4.12. The first-order valence-corrected chi connectivity index (χ1v) is 9.13. The van der Waals surface area contributed by atoms with Gasteiger partial charge in [0.25, 0.3) is 0 Å². The summed E-state index contributed by atoms with van der Waals surface area (Å²) in [6.07, 6.45) is 1.62. The number of halogens is 1. The number of rotatable bonds is 5. The van der Waals surface area contributed by atoms with Gasteiger partial charge in [0.05, 0.1) is 0 Å². The Morgan fingerprint density at radius 2 is 1.50 bits per heavy atom. The van der Waals surface area contributed by atoms with Gasteiger partial charge in [-0.1, -0.05) is 18.2 Å². The van der Waals surface area contributed by atoms with Crippen LogP contribution in [0.25, 0.3) is 0 Å². The summed E-state index contributed by atoms with van der Waals surface area (Å²) >= 11 is 3.21. The normalized spacial score (nSPS) is 11.0. The number of pyridine rings is 1. The zero-order valence-corrected chi connectivity index (χ0v) is 14.7. The summed E-state index contributed by atoms with van der Waals surface area (Å²) in [5.41, 5.74) is 0. The molecule has 0 amide bonds. The molecule has 0 aliphatic rings. The van der Waals surface area contributed by atoms with Crippen molar-refractivity contribution in [3.63, 3.8) is 0 Å². The smallest absolute Gasteiger partial charge is 0.340 e. The fourth-order valence-electron chi connectivity index (χ4n) is 1.91. The first-order valence-electron chi connectivity index (χ1n) is 6.92. The molecule has 0 N–H and O–H groups in total. The predicted octanol–water partition coefficient (Wildman–Crippen LogP) is 4.40. The molecule has 0 saturated carbocycles. The number of nitrogens with zero attached hydrogens (tertiary/aromatic N) is 1. The third kappa shape index (κ3) is 3.93. The van der Waals surface area contributed by atoms with Gasteiger partial charge in [0.15, 0.2) is 0 Å². The van der Waals surface area contributed by atoms with Gasteiger partial charge >= 0.3 is 10.1 Å². The molecule has 7 heteroatoms. The van der Waals surface area contributed by atoms with Crippen molar-refractivity contribution in [2.75, 3.05) is 0 Å². The van der Waals surface area contributed by atoms with Gasteiger partial charge in [-0.2, -0.15) is 8.42 Å². The topological polar surface area (TPSA) is 65.5 Å². The van der Waals surface area contributed by atoms with Crippen molar-refractivity contribution < 1.29 is 17.3 Å². The monoisotopic (exact) mass is 405 g/mol. The Bertz CT molecular complexity index is 928. The van der Waals surface area contributed by atoms with Gasteiger partial charge in [-0.05, 0) is 58.4 Å². The van der Waals surface area contributed by atoms with E-state index in [9.17, 15) is 8.42 Å². The van der Waals surface area contributed by atoms with Crippen molar-refractivity contribution in [2.24, 2.45) is 0 Å². The van der Waals surface area contributed by atoms with E-state index in [2.05, 4.69) is 20.9 Å². The molecule has 24 heavy (non-hydrogen) atoms. The van der Waals surface area contributed by atoms with E-state index >= 15 is 0 Å². The van der Waals surface area contributed by atoms with Crippen LogP contribution in [0.4, 0.5) is 0 Å². The third-order valence-corrected chi connectivity index (χ3v) is 5.26. The number of hydrogen-bond donors (Lipinski definition) is 0. The van der Waals surface area contributed by atoms with Crippen LogP contribution in [0, 0.1) is 0 Å². The van der Waals surface area contributed by atoms with E-state index in [4.69, 9.17) is 8.92 Å². The van der Waals surface area contributed by atoms with Gasteiger partial charge in [-0.15, -0.1) is 0 Å². The van der Waals surface area contributed by atoms with Crippen molar-refractivity contribution in [2.45, 2.75) is 4.90 Å². The van der Waals surface area contributed by atoms with Crippen LogP contribution in [0.5, 0.6) is 17.4 Å². The lowest BCUT2D eigenvalue weighted by molar-refractivity contribution is 0.459. The molecule has 0 aliphatic heterocycles. The lowest BCUT2D eigenvalue weighted by atomic mass is 10.3. The lowest BCUT2D eigenvalue weighted by Crippen LogP contribution is -2.10. The highest BCUT2D eigenvalue weighted by Crippen LogP contribution is 2.27. The standard InChI is InChI=1S/C17H12BrNO4S/c18-15-5-1-2-6-16(15)24(20,21)23-14-10-8-13(9-11-14)22-17-7-3-4-12-19-17/h1-12H. The molecule has 122 valence electrons. The van der Waals surface area contributed by atoms with Gasteiger partial charge < -0.3 is 8.92 Å². The quantitative estimate of drug-likeness (QED) is 0.588. The molecular formula is C17H12BrNO4S. The second-order valence-corrected chi connectivity index (χ2v) is 7.08. The van der Waals surface area contributed by atoms with Crippen LogP contribution in [0.15, 0.2) is 82.3 Å². The first-order chi connectivity index (χ1) is 11.5. The molecule has 1 heterocycles. The van der Waals surface area contributed by atoms with Crippen LogP contribution in [-0.2, 0) is 10.1 Å². The molecule has 3 aromatic rings. The van der Waals surface area contributed by atoms with E-state index < -0.39 is 10.1 Å². The van der Waals surface area contributed by atoms with Crippen LogP contribution in [0.3, 0.4) is 0 Å². The van der Waals surface area contributed by atoms with Gasteiger partial charge in [-0.25, -0.2) is 4.98 Å². The average molecular weight is 406 g/mol. The minimum atomic E-state index is -3.92. The van der Waals surface area contributed by atoms with E-state index in [0.717, 1.165) is 0 Å². The Kier molecular flexibility index (Phi) is 4.82. The van der Waals surface area contributed by atoms with Crippen molar-refractivity contribution in [1.29, 1.82) is 0 Å². The summed E-state index contributed by atoms with van der Waals surface area (Å²) < 4.78 is 35.7. The minimum absolute atomic E-state index is 0.0683. The number of hydrogen-bond acceptors (Lipinski definition) is 5. The Balaban J connectivity index is 1.76. The SMILES string of the molecule is O=S(=O)(Oc1ccc(Oc2ccccn2)cc1)c1ccccc1Br. The van der Waals surface area contributed by atoms with Crippen molar-refractivity contribution in [1.82, 2.24) is 4.98 Å². The van der Waals surface area contributed by atoms with Crippen molar-refractivity contribution in [3.05, 3.63) is 77.4 Å². The molecule has 3 rings (SSSR count). The minimum Gasteiger partial charge on any atom is -0.439 e. The molecule has 0 atom stereocenters.